The van der Waals surface area contributed by atoms with Gasteiger partial charge in [-0.05, 0) is 36.2 Å². The van der Waals surface area contributed by atoms with Crippen LogP contribution in [0.15, 0.2) is 42.5 Å². The second-order valence-corrected chi connectivity index (χ2v) is 8.74. The van der Waals surface area contributed by atoms with Crippen molar-refractivity contribution in [2.24, 2.45) is 0 Å². The molecule has 2 aromatic carbocycles. The van der Waals surface area contributed by atoms with Gasteiger partial charge in [-0.3, -0.25) is 0 Å². The maximum Gasteiger partial charge on any atom is 0.0728 e. The fourth-order valence-electron chi connectivity index (χ4n) is 5.09. The maximum atomic E-state index is 11.9. The van der Waals surface area contributed by atoms with E-state index >= 15 is 0 Å². The van der Waals surface area contributed by atoms with Crippen LogP contribution in [0.25, 0.3) is 10.8 Å². The Hall–Kier alpha value is -1.42. The van der Waals surface area contributed by atoms with Crippen LogP contribution in [0.3, 0.4) is 0 Å². The first-order chi connectivity index (χ1) is 13.2. The van der Waals surface area contributed by atoms with Crippen LogP contribution in [0, 0.1) is 0 Å². The van der Waals surface area contributed by atoms with E-state index in [2.05, 4.69) is 59.3 Å². The first kappa shape index (κ1) is 18.9. The molecular weight excluding hydrogens is 332 g/mol. The minimum absolute atomic E-state index is 0.185. The number of hydrogen-bond acceptors (Lipinski definition) is 3. The van der Waals surface area contributed by atoms with Crippen LogP contribution in [-0.4, -0.2) is 60.3 Å². The lowest BCUT2D eigenvalue weighted by molar-refractivity contribution is -0.0166. The summed E-state index contributed by atoms with van der Waals surface area (Å²) in [5, 5.41) is 14.5. The van der Waals surface area contributed by atoms with Crippen molar-refractivity contribution in [3.8, 4) is 0 Å². The zero-order valence-electron chi connectivity index (χ0n) is 16.7. The molecule has 3 heteroatoms. The van der Waals surface area contributed by atoms with E-state index in [4.69, 9.17) is 0 Å². The van der Waals surface area contributed by atoms with Crippen LogP contribution in [0.5, 0.6) is 0 Å². The zero-order chi connectivity index (χ0) is 18.7. The van der Waals surface area contributed by atoms with Gasteiger partial charge < -0.3 is 14.9 Å². The third-order valence-electron chi connectivity index (χ3n) is 6.85. The molecule has 1 heterocycles. The van der Waals surface area contributed by atoms with Gasteiger partial charge in [0.15, 0.2) is 0 Å². The molecule has 2 aromatic rings. The molecule has 3 nitrogen and oxygen atoms in total. The molecule has 1 N–H and O–H groups in total. The Balaban J connectivity index is 1.70. The normalized spacial score (nSPS) is 23.2. The predicted molar refractivity (Wildman–Crippen MR) is 113 cm³/mol. The highest BCUT2D eigenvalue weighted by atomic mass is 16.3. The molecule has 27 heavy (non-hydrogen) atoms. The number of aliphatic hydroxyl groups is 1. The predicted octanol–water partition coefficient (Wildman–Crippen LogP) is 4.26. The summed E-state index contributed by atoms with van der Waals surface area (Å²) in [6.45, 7) is 5.43. The van der Waals surface area contributed by atoms with Crippen LogP contribution in [-0.2, 0) is 0 Å². The van der Waals surface area contributed by atoms with Gasteiger partial charge in [0, 0.05) is 38.6 Å². The van der Waals surface area contributed by atoms with Crippen LogP contribution < -0.4 is 0 Å². The summed E-state index contributed by atoms with van der Waals surface area (Å²) in [6.07, 6.45) is 6.71. The van der Waals surface area contributed by atoms with Gasteiger partial charge in [0.05, 0.1) is 5.60 Å². The first-order valence-electron chi connectivity index (χ1n) is 10.8. The van der Waals surface area contributed by atoms with E-state index in [1.165, 1.54) is 29.2 Å². The monoisotopic (exact) mass is 366 g/mol. The van der Waals surface area contributed by atoms with E-state index < -0.39 is 5.60 Å². The van der Waals surface area contributed by atoms with Gasteiger partial charge in [-0.1, -0.05) is 68.1 Å². The van der Waals surface area contributed by atoms with Crippen molar-refractivity contribution >= 4 is 10.8 Å². The Morgan fingerprint density at radius 2 is 1.56 bits per heavy atom. The van der Waals surface area contributed by atoms with E-state index in [0.717, 1.165) is 58.4 Å². The second-order valence-electron chi connectivity index (χ2n) is 8.74. The SMILES string of the molecule is CN1CCN(CC(c2cccc3ccccc23)C2(O)CCCCCC2)CC1. The Labute approximate surface area is 164 Å². The lowest BCUT2D eigenvalue weighted by Crippen LogP contribution is -2.49. The van der Waals surface area contributed by atoms with Crippen LogP contribution >= 0.6 is 0 Å². The molecular formula is C24H34N2O. The molecule has 0 aromatic heterocycles. The van der Waals surface area contributed by atoms with Crippen LogP contribution in [0.2, 0.25) is 0 Å². The summed E-state index contributed by atoms with van der Waals surface area (Å²) in [4.78, 5) is 4.99. The summed E-state index contributed by atoms with van der Waals surface area (Å²) in [5.74, 6) is 0.185. The Kier molecular flexibility index (Phi) is 5.82. The van der Waals surface area contributed by atoms with Gasteiger partial charge in [0.1, 0.15) is 0 Å². The molecule has 0 radical (unpaired) electrons. The van der Waals surface area contributed by atoms with E-state index in [0.29, 0.717) is 0 Å². The lowest BCUT2D eigenvalue weighted by Gasteiger charge is -2.41. The molecule has 0 spiro atoms. The van der Waals surface area contributed by atoms with Gasteiger partial charge in [-0.2, -0.15) is 0 Å². The van der Waals surface area contributed by atoms with Gasteiger partial charge >= 0.3 is 0 Å². The molecule has 1 atom stereocenters. The Bertz CT molecular complexity index is 738. The maximum absolute atomic E-state index is 11.9. The number of hydrogen-bond donors (Lipinski definition) is 1. The zero-order valence-corrected chi connectivity index (χ0v) is 16.7. The molecule has 4 rings (SSSR count). The molecule has 1 aliphatic heterocycles. The summed E-state index contributed by atoms with van der Waals surface area (Å²) in [5.41, 5.74) is 0.765. The molecule has 146 valence electrons. The number of likely N-dealkylation sites (N-methyl/N-ethyl adjacent to an activating group) is 1. The summed E-state index contributed by atoms with van der Waals surface area (Å²) < 4.78 is 0. The van der Waals surface area contributed by atoms with Crippen molar-refractivity contribution in [1.82, 2.24) is 9.80 Å². The van der Waals surface area contributed by atoms with E-state index in [1.807, 2.05) is 0 Å². The van der Waals surface area contributed by atoms with Crippen molar-refractivity contribution in [2.75, 3.05) is 39.8 Å². The van der Waals surface area contributed by atoms with Crippen molar-refractivity contribution in [1.29, 1.82) is 0 Å². The fourth-order valence-corrected chi connectivity index (χ4v) is 5.09. The van der Waals surface area contributed by atoms with Crippen molar-refractivity contribution < 1.29 is 5.11 Å². The Morgan fingerprint density at radius 3 is 2.30 bits per heavy atom. The van der Waals surface area contributed by atoms with Crippen LogP contribution in [0.4, 0.5) is 0 Å². The third kappa shape index (κ3) is 4.21. The van der Waals surface area contributed by atoms with Gasteiger partial charge in [0.25, 0.3) is 0 Å². The number of nitrogens with zero attached hydrogens (tertiary/aromatic N) is 2. The molecule has 0 amide bonds. The number of fused-ring (bicyclic) bond motifs is 1. The highest BCUT2D eigenvalue weighted by molar-refractivity contribution is 5.86. The van der Waals surface area contributed by atoms with E-state index in [9.17, 15) is 5.11 Å². The van der Waals surface area contributed by atoms with Crippen molar-refractivity contribution in [3.63, 3.8) is 0 Å². The smallest absolute Gasteiger partial charge is 0.0728 e. The number of benzene rings is 2. The highest BCUT2D eigenvalue weighted by Crippen LogP contribution is 2.41. The topological polar surface area (TPSA) is 26.7 Å². The average molecular weight is 367 g/mol. The van der Waals surface area contributed by atoms with Crippen LogP contribution in [0.1, 0.15) is 50.0 Å². The quantitative estimate of drug-likeness (QED) is 0.819. The highest BCUT2D eigenvalue weighted by Gasteiger charge is 2.39. The molecule has 1 saturated heterocycles. The molecule has 0 bridgehead atoms. The van der Waals surface area contributed by atoms with Crippen molar-refractivity contribution in [2.45, 2.75) is 50.0 Å². The first-order valence-corrected chi connectivity index (χ1v) is 10.8. The largest absolute Gasteiger partial charge is 0.389 e. The van der Waals surface area contributed by atoms with E-state index in [1.54, 1.807) is 0 Å². The molecule has 1 unspecified atom stereocenters. The molecule has 1 aliphatic carbocycles. The van der Waals surface area contributed by atoms with Gasteiger partial charge in [0.2, 0.25) is 0 Å². The van der Waals surface area contributed by atoms with Gasteiger partial charge in [-0.15, -0.1) is 0 Å². The average Bonchev–Trinajstić information content (AvgIpc) is 2.92. The molecule has 2 fully saturated rings. The minimum Gasteiger partial charge on any atom is -0.389 e. The summed E-state index contributed by atoms with van der Waals surface area (Å²) in [7, 11) is 2.21. The fraction of sp³-hybridized carbons (Fsp3) is 0.583. The number of piperazine rings is 1. The third-order valence-corrected chi connectivity index (χ3v) is 6.85. The minimum atomic E-state index is -0.579. The Morgan fingerprint density at radius 1 is 0.889 bits per heavy atom. The standard InChI is InChI=1S/C24H34N2O/c1-25-15-17-26(18-16-25)19-23(24(27)13-6-2-3-7-14-24)22-12-8-10-20-9-4-5-11-21(20)22/h4-5,8-12,23,27H,2-3,6-7,13-19H2,1H3. The second kappa shape index (κ2) is 8.30. The summed E-state index contributed by atoms with van der Waals surface area (Å²) >= 11 is 0. The van der Waals surface area contributed by atoms with Gasteiger partial charge in [-0.25, -0.2) is 0 Å². The summed E-state index contributed by atoms with van der Waals surface area (Å²) in [6, 6.07) is 15.3. The van der Waals surface area contributed by atoms with E-state index in [-0.39, 0.29) is 5.92 Å². The molecule has 1 saturated carbocycles. The van der Waals surface area contributed by atoms with Crippen molar-refractivity contribution in [3.05, 3.63) is 48.0 Å². The lowest BCUT2D eigenvalue weighted by atomic mass is 9.75. The number of rotatable bonds is 4. The molecule has 2 aliphatic rings.